The van der Waals surface area contributed by atoms with Gasteiger partial charge in [-0.15, -0.1) is 0 Å². The lowest BCUT2D eigenvalue weighted by Gasteiger charge is -2.02. The van der Waals surface area contributed by atoms with E-state index < -0.39 is 5.97 Å². The van der Waals surface area contributed by atoms with Gasteiger partial charge in [-0.05, 0) is 55.0 Å². The zero-order valence-corrected chi connectivity index (χ0v) is 15.5. The molecule has 3 aromatic rings. The fourth-order valence-electron chi connectivity index (χ4n) is 2.26. The Balaban J connectivity index is 1.87. The first-order valence-corrected chi connectivity index (χ1v) is 8.54. The molecule has 1 aromatic heterocycles. The lowest BCUT2D eigenvalue weighted by Crippen LogP contribution is -1.94. The Morgan fingerprint density at radius 1 is 1.20 bits per heavy atom. The van der Waals surface area contributed by atoms with Gasteiger partial charge in [0.05, 0.1) is 22.5 Å². The van der Waals surface area contributed by atoms with Gasteiger partial charge in [0, 0.05) is 10.0 Å². The van der Waals surface area contributed by atoms with E-state index in [4.69, 9.17) is 21.1 Å². The highest BCUT2D eigenvalue weighted by atomic mass is 79.9. The predicted octanol–water partition coefficient (Wildman–Crippen LogP) is 6.12. The summed E-state index contributed by atoms with van der Waals surface area (Å²) in [6.07, 6.45) is 1.51. The molecule has 0 bridgehead atoms. The third-order valence-electron chi connectivity index (χ3n) is 3.54. The molecule has 0 unspecified atom stereocenters. The number of nitrogens with zero attached hydrogens (tertiary/aromatic N) is 1. The van der Waals surface area contributed by atoms with E-state index in [0.717, 1.165) is 15.6 Å². The number of hydrogen-bond donors (Lipinski definition) is 1. The first kappa shape index (κ1) is 17.5. The van der Waals surface area contributed by atoms with E-state index in [-0.39, 0.29) is 5.56 Å². The van der Waals surface area contributed by atoms with Gasteiger partial charge in [-0.3, -0.25) is 4.99 Å². The van der Waals surface area contributed by atoms with Gasteiger partial charge in [0.25, 0.3) is 0 Å². The Morgan fingerprint density at radius 2 is 2.00 bits per heavy atom. The van der Waals surface area contributed by atoms with Crippen molar-refractivity contribution < 1.29 is 14.3 Å². The van der Waals surface area contributed by atoms with Crippen molar-refractivity contribution in [1.29, 1.82) is 0 Å². The number of carboxylic acid groups (broad SMARTS) is 1. The largest absolute Gasteiger partial charge is 0.478 e. The molecule has 0 saturated carbocycles. The van der Waals surface area contributed by atoms with Crippen molar-refractivity contribution in [3.8, 4) is 11.3 Å². The summed E-state index contributed by atoms with van der Waals surface area (Å²) >= 11 is 9.59. The Hall–Kier alpha value is -2.37. The topological polar surface area (TPSA) is 62.8 Å². The van der Waals surface area contributed by atoms with Crippen LogP contribution in [0.1, 0.15) is 21.7 Å². The van der Waals surface area contributed by atoms with Crippen LogP contribution in [-0.4, -0.2) is 17.3 Å². The smallest absolute Gasteiger partial charge is 0.335 e. The van der Waals surface area contributed by atoms with E-state index in [2.05, 4.69) is 20.9 Å². The molecule has 0 aliphatic carbocycles. The summed E-state index contributed by atoms with van der Waals surface area (Å²) in [5.41, 5.74) is 2.59. The lowest BCUT2D eigenvalue weighted by atomic mass is 10.1. The lowest BCUT2D eigenvalue weighted by molar-refractivity contribution is 0.0697. The Labute approximate surface area is 157 Å². The second-order valence-electron chi connectivity index (χ2n) is 5.41. The molecule has 0 saturated heterocycles. The molecule has 25 heavy (non-hydrogen) atoms. The Kier molecular flexibility index (Phi) is 5.06. The zero-order valence-electron chi connectivity index (χ0n) is 13.2. The maximum absolute atomic E-state index is 11.0. The molecule has 0 amide bonds. The van der Waals surface area contributed by atoms with Crippen molar-refractivity contribution in [3.63, 3.8) is 0 Å². The molecule has 0 spiro atoms. The normalized spacial score (nSPS) is 11.2. The number of halogens is 2. The van der Waals surface area contributed by atoms with Crippen molar-refractivity contribution in [2.75, 3.05) is 0 Å². The highest BCUT2D eigenvalue weighted by Gasteiger charge is 2.09. The molecule has 0 radical (unpaired) electrons. The first-order valence-electron chi connectivity index (χ1n) is 7.37. The molecule has 4 nitrogen and oxygen atoms in total. The second-order valence-corrected chi connectivity index (χ2v) is 6.68. The quantitative estimate of drug-likeness (QED) is 0.519. The van der Waals surface area contributed by atoms with Crippen LogP contribution in [0.5, 0.6) is 0 Å². The van der Waals surface area contributed by atoms with Crippen LogP contribution in [0.15, 0.2) is 62.4 Å². The molecule has 6 heteroatoms. The van der Waals surface area contributed by atoms with Crippen molar-refractivity contribution in [2.45, 2.75) is 6.92 Å². The highest BCUT2D eigenvalue weighted by Crippen LogP contribution is 2.31. The van der Waals surface area contributed by atoms with Gasteiger partial charge in [0.1, 0.15) is 11.5 Å². The number of benzene rings is 2. The molecule has 0 fully saturated rings. The van der Waals surface area contributed by atoms with E-state index in [9.17, 15) is 4.79 Å². The fourth-order valence-corrected chi connectivity index (χ4v) is 3.12. The minimum absolute atomic E-state index is 0.125. The molecule has 1 N–H and O–H groups in total. The minimum Gasteiger partial charge on any atom is -0.478 e. The summed E-state index contributed by atoms with van der Waals surface area (Å²) in [5.74, 6) is 0.218. The van der Waals surface area contributed by atoms with Gasteiger partial charge < -0.3 is 9.52 Å². The monoisotopic (exact) mass is 417 g/mol. The van der Waals surface area contributed by atoms with Crippen LogP contribution in [0.4, 0.5) is 5.69 Å². The summed E-state index contributed by atoms with van der Waals surface area (Å²) in [4.78, 5) is 15.3. The minimum atomic E-state index is -1.03. The average Bonchev–Trinajstić information content (AvgIpc) is 3.02. The van der Waals surface area contributed by atoms with Crippen LogP contribution in [0, 0.1) is 6.92 Å². The summed E-state index contributed by atoms with van der Waals surface area (Å²) in [6, 6.07) is 14.0. The van der Waals surface area contributed by atoms with Crippen molar-refractivity contribution in [2.24, 2.45) is 4.99 Å². The second kappa shape index (κ2) is 7.25. The zero-order chi connectivity index (χ0) is 18.0. The van der Waals surface area contributed by atoms with E-state index in [1.807, 2.05) is 31.2 Å². The third-order valence-corrected chi connectivity index (χ3v) is 4.52. The van der Waals surface area contributed by atoms with Crippen molar-refractivity contribution in [1.82, 2.24) is 0 Å². The third kappa shape index (κ3) is 4.00. The number of aromatic carboxylic acids is 1. The summed E-state index contributed by atoms with van der Waals surface area (Å²) < 4.78 is 6.74. The summed E-state index contributed by atoms with van der Waals surface area (Å²) in [7, 11) is 0. The molecule has 0 aliphatic heterocycles. The van der Waals surface area contributed by atoms with E-state index in [0.29, 0.717) is 22.2 Å². The maximum atomic E-state index is 11.0. The van der Waals surface area contributed by atoms with Crippen LogP contribution in [0.2, 0.25) is 5.02 Å². The van der Waals surface area contributed by atoms with E-state index in [1.165, 1.54) is 24.4 Å². The molecule has 3 rings (SSSR count). The van der Waals surface area contributed by atoms with E-state index in [1.54, 1.807) is 6.07 Å². The molecule has 0 atom stereocenters. The molecular formula is C19H13BrClNO3. The Morgan fingerprint density at radius 3 is 2.72 bits per heavy atom. The standard InChI is InChI=1S/C19H13BrClNO3/c1-11-2-5-14(15(20)8-11)18-7-4-13(25-18)10-22-17-9-12(19(23)24)3-6-16(17)21/h2-10H,1H3,(H,23,24). The number of rotatable bonds is 4. The predicted molar refractivity (Wildman–Crippen MR) is 102 cm³/mol. The first-order chi connectivity index (χ1) is 11.9. The maximum Gasteiger partial charge on any atom is 0.335 e. The number of carbonyl (C=O) groups is 1. The van der Waals surface area contributed by atoms with E-state index >= 15 is 0 Å². The van der Waals surface area contributed by atoms with Crippen LogP contribution < -0.4 is 0 Å². The van der Waals surface area contributed by atoms with Crippen LogP contribution in [0.25, 0.3) is 11.3 Å². The molecule has 1 heterocycles. The number of carboxylic acids is 1. The summed E-state index contributed by atoms with van der Waals surface area (Å²) in [5, 5.41) is 9.41. The molecule has 2 aromatic carbocycles. The number of hydrogen-bond acceptors (Lipinski definition) is 3. The van der Waals surface area contributed by atoms with Crippen LogP contribution in [-0.2, 0) is 0 Å². The fraction of sp³-hybridized carbons (Fsp3) is 0.0526. The van der Waals surface area contributed by atoms with Gasteiger partial charge in [0.15, 0.2) is 0 Å². The van der Waals surface area contributed by atoms with Crippen molar-refractivity contribution in [3.05, 3.63) is 74.9 Å². The highest BCUT2D eigenvalue weighted by molar-refractivity contribution is 9.10. The molecule has 0 aliphatic rings. The average molecular weight is 419 g/mol. The molecular weight excluding hydrogens is 406 g/mol. The van der Waals surface area contributed by atoms with Gasteiger partial charge in [-0.25, -0.2) is 4.79 Å². The number of aliphatic imine (C=N–C) groups is 1. The Bertz CT molecular complexity index is 979. The van der Waals surface area contributed by atoms with Crippen LogP contribution in [0.3, 0.4) is 0 Å². The van der Waals surface area contributed by atoms with Gasteiger partial charge >= 0.3 is 5.97 Å². The van der Waals surface area contributed by atoms with Gasteiger partial charge in [0.2, 0.25) is 0 Å². The van der Waals surface area contributed by atoms with Gasteiger partial charge in [-0.1, -0.05) is 33.6 Å². The SMILES string of the molecule is Cc1ccc(-c2ccc(C=Nc3cc(C(=O)O)ccc3Cl)o2)c(Br)c1. The van der Waals surface area contributed by atoms with Crippen molar-refractivity contribution >= 4 is 45.4 Å². The number of aryl methyl sites for hydroxylation is 1. The van der Waals surface area contributed by atoms with Gasteiger partial charge in [-0.2, -0.15) is 0 Å². The van der Waals surface area contributed by atoms with Crippen LogP contribution >= 0.6 is 27.5 Å². The molecule has 126 valence electrons. The summed E-state index contributed by atoms with van der Waals surface area (Å²) in [6.45, 7) is 2.02. The number of furan rings is 1.